The van der Waals surface area contributed by atoms with Crippen LogP contribution < -0.4 is 0 Å². The zero-order chi connectivity index (χ0) is 13.0. The van der Waals surface area contributed by atoms with E-state index < -0.39 is 0 Å². The van der Waals surface area contributed by atoms with E-state index in [2.05, 4.69) is 6.07 Å². The van der Waals surface area contributed by atoms with Gasteiger partial charge in [0.15, 0.2) is 0 Å². The van der Waals surface area contributed by atoms with Crippen LogP contribution in [0.5, 0.6) is 0 Å². The minimum atomic E-state index is -0.250. The van der Waals surface area contributed by atoms with E-state index in [9.17, 15) is 4.79 Å². The Kier molecular flexibility index (Phi) is 4.37. The van der Waals surface area contributed by atoms with Gasteiger partial charge in [-0.2, -0.15) is 0 Å². The van der Waals surface area contributed by atoms with Crippen molar-refractivity contribution in [2.45, 2.75) is 31.6 Å². The lowest BCUT2D eigenvalue weighted by atomic mass is 9.95. The highest BCUT2D eigenvalue weighted by molar-refractivity contribution is 5.89. The van der Waals surface area contributed by atoms with Crippen molar-refractivity contribution in [1.29, 1.82) is 0 Å². The third-order valence-corrected chi connectivity index (χ3v) is 3.67. The molecule has 18 heavy (non-hydrogen) atoms. The molecule has 0 fully saturated rings. The number of hydrogen-bond donors (Lipinski definition) is 0. The summed E-state index contributed by atoms with van der Waals surface area (Å²) in [6.07, 6.45) is 4.51. The van der Waals surface area contributed by atoms with E-state index in [0.29, 0.717) is 11.5 Å². The minimum absolute atomic E-state index is 0.250. The van der Waals surface area contributed by atoms with Gasteiger partial charge in [-0.15, -0.1) is 0 Å². The van der Waals surface area contributed by atoms with Crippen molar-refractivity contribution < 1.29 is 14.3 Å². The molecule has 1 aliphatic rings. The molecule has 0 heterocycles. The van der Waals surface area contributed by atoms with Crippen LogP contribution in [0.1, 0.15) is 46.7 Å². The quantitative estimate of drug-likeness (QED) is 0.593. The first-order valence-corrected chi connectivity index (χ1v) is 6.46. The first-order chi connectivity index (χ1) is 8.76. The van der Waals surface area contributed by atoms with Crippen molar-refractivity contribution >= 4 is 5.97 Å². The fourth-order valence-electron chi connectivity index (χ4n) is 2.71. The summed E-state index contributed by atoms with van der Waals surface area (Å²) in [4.78, 5) is 11.5. The van der Waals surface area contributed by atoms with E-state index in [1.165, 1.54) is 24.7 Å². The van der Waals surface area contributed by atoms with Crippen molar-refractivity contribution in [3.05, 3.63) is 34.9 Å². The second kappa shape index (κ2) is 6.01. The van der Waals surface area contributed by atoms with Gasteiger partial charge in [0.2, 0.25) is 0 Å². The van der Waals surface area contributed by atoms with Crippen LogP contribution in [0.25, 0.3) is 0 Å². The van der Waals surface area contributed by atoms with Crippen molar-refractivity contribution in [1.82, 2.24) is 0 Å². The molecule has 1 aliphatic carbocycles. The number of aryl methyl sites for hydroxylation is 1. The summed E-state index contributed by atoms with van der Waals surface area (Å²) >= 11 is 0. The molecule has 98 valence electrons. The van der Waals surface area contributed by atoms with Gasteiger partial charge in [0.25, 0.3) is 0 Å². The number of benzene rings is 1. The molecule has 3 nitrogen and oxygen atoms in total. The number of carbonyl (C=O) groups excluding carboxylic acids is 1. The van der Waals surface area contributed by atoms with Crippen LogP contribution in [-0.2, 0) is 15.9 Å². The van der Waals surface area contributed by atoms with Gasteiger partial charge < -0.3 is 9.47 Å². The molecule has 0 aliphatic heterocycles. The number of fused-ring (bicyclic) bond motifs is 1. The second-order valence-electron chi connectivity index (χ2n) is 4.78. The monoisotopic (exact) mass is 248 g/mol. The van der Waals surface area contributed by atoms with E-state index in [4.69, 9.17) is 9.47 Å². The molecular weight excluding hydrogens is 228 g/mol. The number of esters is 1. The Balaban J connectivity index is 2.12. The zero-order valence-electron chi connectivity index (χ0n) is 11.1. The van der Waals surface area contributed by atoms with Crippen molar-refractivity contribution in [2.75, 3.05) is 20.8 Å². The van der Waals surface area contributed by atoms with Crippen LogP contribution in [0, 0.1) is 0 Å². The van der Waals surface area contributed by atoms with Crippen molar-refractivity contribution in [2.24, 2.45) is 0 Å². The summed E-state index contributed by atoms with van der Waals surface area (Å²) in [5.41, 5.74) is 3.37. The highest BCUT2D eigenvalue weighted by atomic mass is 16.5. The lowest BCUT2D eigenvalue weighted by Gasteiger charge is -2.12. The molecule has 0 spiro atoms. The molecule has 0 N–H and O–H groups in total. The third kappa shape index (κ3) is 2.72. The lowest BCUT2D eigenvalue weighted by molar-refractivity contribution is 0.0600. The van der Waals surface area contributed by atoms with E-state index in [1.807, 2.05) is 12.1 Å². The Hall–Kier alpha value is -1.35. The maximum Gasteiger partial charge on any atom is 0.337 e. The molecule has 1 atom stereocenters. The van der Waals surface area contributed by atoms with Crippen LogP contribution in [0.2, 0.25) is 0 Å². The first-order valence-electron chi connectivity index (χ1n) is 6.46. The summed E-state index contributed by atoms with van der Waals surface area (Å²) in [6, 6.07) is 5.94. The smallest absolute Gasteiger partial charge is 0.337 e. The molecule has 1 unspecified atom stereocenters. The van der Waals surface area contributed by atoms with Gasteiger partial charge >= 0.3 is 5.97 Å². The molecule has 2 rings (SSSR count). The molecule has 0 radical (unpaired) electrons. The molecule has 0 saturated carbocycles. The number of carbonyl (C=O) groups is 1. The molecule has 1 aromatic carbocycles. The summed E-state index contributed by atoms with van der Waals surface area (Å²) in [7, 11) is 3.16. The zero-order valence-corrected chi connectivity index (χ0v) is 11.1. The molecule has 0 amide bonds. The van der Waals surface area contributed by atoms with Crippen LogP contribution in [0.3, 0.4) is 0 Å². The molecule has 0 bridgehead atoms. The summed E-state index contributed by atoms with van der Waals surface area (Å²) in [6.45, 7) is 0.808. The van der Waals surface area contributed by atoms with Crippen molar-refractivity contribution in [3.8, 4) is 0 Å². The second-order valence-corrected chi connectivity index (χ2v) is 4.78. The van der Waals surface area contributed by atoms with Gasteiger partial charge in [-0.05, 0) is 54.9 Å². The Labute approximate surface area is 108 Å². The van der Waals surface area contributed by atoms with Crippen molar-refractivity contribution in [3.63, 3.8) is 0 Å². The normalized spacial score (nSPS) is 17.6. The van der Waals surface area contributed by atoms with Gasteiger partial charge in [-0.1, -0.05) is 6.07 Å². The molecule has 0 saturated heterocycles. The standard InChI is InChI=1S/C15H20O3/c1-17-9-3-4-11-5-6-12-7-8-13(10-14(11)12)15(16)18-2/h7-8,10-11H,3-6,9H2,1-2H3. The van der Waals surface area contributed by atoms with Crippen LogP contribution in [0.4, 0.5) is 0 Å². The fourth-order valence-corrected chi connectivity index (χ4v) is 2.71. The molecule has 1 aromatic rings. The van der Waals surface area contributed by atoms with Gasteiger partial charge in [0, 0.05) is 13.7 Å². The number of rotatable bonds is 5. The molecule has 3 heteroatoms. The largest absolute Gasteiger partial charge is 0.465 e. The SMILES string of the molecule is COCCCC1CCc2ccc(C(=O)OC)cc21. The first kappa shape index (κ1) is 13.1. The Morgan fingerprint density at radius 3 is 2.94 bits per heavy atom. The Morgan fingerprint density at radius 2 is 2.22 bits per heavy atom. The van der Waals surface area contributed by atoms with Gasteiger partial charge in [0.05, 0.1) is 12.7 Å². The maximum absolute atomic E-state index is 11.5. The Morgan fingerprint density at radius 1 is 1.39 bits per heavy atom. The predicted molar refractivity (Wildman–Crippen MR) is 70.0 cm³/mol. The summed E-state index contributed by atoms with van der Waals surface area (Å²) in [5.74, 6) is 0.320. The average molecular weight is 248 g/mol. The lowest BCUT2D eigenvalue weighted by Crippen LogP contribution is -2.03. The predicted octanol–water partition coefficient (Wildman–Crippen LogP) is 2.93. The minimum Gasteiger partial charge on any atom is -0.465 e. The number of methoxy groups -OCH3 is 2. The molecular formula is C15H20O3. The maximum atomic E-state index is 11.5. The topological polar surface area (TPSA) is 35.5 Å². The van der Waals surface area contributed by atoms with E-state index in [0.717, 1.165) is 25.9 Å². The number of ether oxygens (including phenoxy) is 2. The van der Waals surface area contributed by atoms with E-state index >= 15 is 0 Å². The third-order valence-electron chi connectivity index (χ3n) is 3.67. The van der Waals surface area contributed by atoms with E-state index in [1.54, 1.807) is 7.11 Å². The highest BCUT2D eigenvalue weighted by Crippen LogP contribution is 2.36. The number of hydrogen-bond acceptors (Lipinski definition) is 3. The Bertz CT molecular complexity index is 426. The van der Waals surface area contributed by atoms with E-state index in [-0.39, 0.29) is 5.97 Å². The van der Waals surface area contributed by atoms with Crippen LogP contribution >= 0.6 is 0 Å². The van der Waals surface area contributed by atoms with Crippen LogP contribution in [0.15, 0.2) is 18.2 Å². The fraction of sp³-hybridized carbons (Fsp3) is 0.533. The molecule has 0 aromatic heterocycles. The highest BCUT2D eigenvalue weighted by Gasteiger charge is 2.23. The van der Waals surface area contributed by atoms with Gasteiger partial charge in [-0.3, -0.25) is 0 Å². The van der Waals surface area contributed by atoms with Gasteiger partial charge in [-0.25, -0.2) is 4.79 Å². The average Bonchev–Trinajstić information content (AvgIpc) is 2.81. The summed E-state index contributed by atoms with van der Waals surface area (Å²) < 4.78 is 9.87. The van der Waals surface area contributed by atoms with Gasteiger partial charge in [0.1, 0.15) is 0 Å². The summed E-state index contributed by atoms with van der Waals surface area (Å²) in [5, 5.41) is 0. The van der Waals surface area contributed by atoms with Crippen LogP contribution in [-0.4, -0.2) is 26.8 Å².